The van der Waals surface area contributed by atoms with Gasteiger partial charge in [0.2, 0.25) is 0 Å². The molecule has 289 valence electrons. The lowest BCUT2D eigenvalue weighted by molar-refractivity contribution is 1.20. The maximum Gasteiger partial charge on any atom is 0.0543 e. The van der Waals surface area contributed by atoms with Gasteiger partial charge in [-0.3, -0.25) is 0 Å². The molecule has 15 rings (SSSR count). The molecule has 0 saturated heterocycles. The van der Waals surface area contributed by atoms with Gasteiger partial charge < -0.3 is 9.13 Å². The van der Waals surface area contributed by atoms with Crippen molar-refractivity contribution < 1.29 is 0 Å². The molecular weight excluding hydrogens is 761 g/mol. The van der Waals surface area contributed by atoms with Gasteiger partial charge in [-0.05, 0) is 126 Å². The molecule has 0 saturated carbocycles. The average Bonchev–Trinajstić information content (AvgIpc) is 3.88. The van der Waals surface area contributed by atoms with Crippen LogP contribution in [0, 0.1) is 6.42 Å². The summed E-state index contributed by atoms with van der Waals surface area (Å²) in [5.74, 6) is 0. The van der Waals surface area contributed by atoms with Crippen molar-refractivity contribution in [1.29, 1.82) is 0 Å². The summed E-state index contributed by atoms with van der Waals surface area (Å²) in [5.41, 5.74) is 20.2. The van der Waals surface area contributed by atoms with Crippen molar-refractivity contribution in [2.75, 3.05) is 0 Å². The van der Waals surface area contributed by atoms with Crippen LogP contribution in [-0.4, -0.2) is 9.13 Å². The van der Waals surface area contributed by atoms with E-state index in [0.717, 1.165) is 0 Å². The van der Waals surface area contributed by atoms with Gasteiger partial charge in [-0.1, -0.05) is 158 Å². The third-order valence-electron chi connectivity index (χ3n) is 14.2. The van der Waals surface area contributed by atoms with Crippen LogP contribution in [-0.2, 0) is 0 Å². The highest BCUT2D eigenvalue weighted by Crippen LogP contribution is 2.50. The zero-order valence-electron chi connectivity index (χ0n) is 34.1. The van der Waals surface area contributed by atoms with Gasteiger partial charge in [-0.25, -0.2) is 0 Å². The highest BCUT2D eigenvalue weighted by molar-refractivity contribution is 6.21. The number of nitrogens with zero attached hydrogens (tertiary/aromatic N) is 2. The van der Waals surface area contributed by atoms with E-state index in [1.165, 1.54) is 143 Å². The molecule has 0 spiro atoms. The van der Waals surface area contributed by atoms with Crippen LogP contribution in [0.25, 0.3) is 132 Å². The van der Waals surface area contributed by atoms with Gasteiger partial charge in [-0.2, -0.15) is 0 Å². The normalized spacial score (nSPS) is 12.7. The van der Waals surface area contributed by atoms with E-state index >= 15 is 0 Å². The Bertz CT molecular complexity index is 4130. The van der Waals surface area contributed by atoms with Crippen LogP contribution in [0.15, 0.2) is 206 Å². The molecule has 0 N–H and O–H groups in total. The van der Waals surface area contributed by atoms with Crippen molar-refractivity contribution >= 4 is 75.9 Å². The monoisotopic (exact) mass is 795 g/mol. The Morgan fingerprint density at radius 3 is 1.38 bits per heavy atom. The van der Waals surface area contributed by atoms with E-state index in [1.807, 2.05) is 0 Å². The first-order valence-electron chi connectivity index (χ1n) is 21.9. The third-order valence-corrected chi connectivity index (χ3v) is 14.2. The topological polar surface area (TPSA) is 9.86 Å². The summed E-state index contributed by atoms with van der Waals surface area (Å²) < 4.78 is 4.96. The summed E-state index contributed by atoms with van der Waals surface area (Å²) >= 11 is 0. The van der Waals surface area contributed by atoms with E-state index in [9.17, 15) is 0 Å². The second kappa shape index (κ2) is 12.2. The van der Waals surface area contributed by atoms with Crippen molar-refractivity contribution in [2.45, 2.75) is 0 Å². The summed E-state index contributed by atoms with van der Waals surface area (Å²) in [4.78, 5) is 0. The van der Waals surface area contributed by atoms with E-state index in [1.54, 1.807) is 0 Å². The lowest BCUT2D eigenvalue weighted by Crippen LogP contribution is -1.96. The minimum atomic E-state index is 1.21. The first kappa shape index (κ1) is 33.5. The maximum atomic E-state index is 2.48. The second-order valence-corrected chi connectivity index (χ2v) is 17.4. The Hall–Kier alpha value is -8.20. The predicted molar refractivity (Wildman–Crippen MR) is 265 cm³/mol. The lowest BCUT2D eigenvalue weighted by Gasteiger charge is -2.13. The summed E-state index contributed by atoms with van der Waals surface area (Å²) in [7, 11) is 0. The standard InChI is InChI=1S/C61H35N2/c1-2-12-41-40(11-1)46-17-9-19-49-56(32-29-48(41)60(46)49)62-54-20-7-5-15-44(54)51-33-38(27-30-57(51)62)36-23-25-37(26-24-36)39-28-31-58-52(34-39)45-16-6-8-21-55(45)63(58)59-22-10-18-47-42-13-3-4-14-43(42)50-35-53(50)61(47)59/h1-35H. The van der Waals surface area contributed by atoms with Crippen LogP contribution < -0.4 is 0 Å². The van der Waals surface area contributed by atoms with Gasteiger partial charge in [0.25, 0.3) is 0 Å². The van der Waals surface area contributed by atoms with Crippen LogP contribution >= 0.6 is 0 Å². The molecule has 2 heterocycles. The molecule has 1 radical (unpaired) electrons. The third kappa shape index (κ3) is 4.52. The Morgan fingerprint density at radius 1 is 0.238 bits per heavy atom. The molecule has 2 heteroatoms. The van der Waals surface area contributed by atoms with Crippen LogP contribution in [0.4, 0.5) is 0 Å². The Kier molecular flexibility index (Phi) is 6.50. The molecule has 0 atom stereocenters. The minimum Gasteiger partial charge on any atom is -0.309 e. The van der Waals surface area contributed by atoms with Crippen molar-refractivity contribution in [1.82, 2.24) is 9.13 Å². The predicted octanol–water partition coefficient (Wildman–Crippen LogP) is 16.2. The molecule has 13 aromatic rings. The zero-order valence-corrected chi connectivity index (χ0v) is 34.1. The van der Waals surface area contributed by atoms with Crippen LogP contribution in [0.5, 0.6) is 0 Å². The van der Waals surface area contributed by atoms with Gasteiger partial charge >= 0.3 is 0 Å². The number of aromatic nitrogens is 2. The first-order chi connectivity index (χ1) is 31.3. The number of rotatable bonds is 4. The molecule has 2 aromatic heterocycles. The Morgan fingerprint density at radius 2 is 0.714 bits per heavy atom. The highest BCUT2D eigenvalue weighted by atomic mass is 15.0. The van der Waals surface area contributed by atoms with E-state index < -0.39 is 0 Å². The van der Waals surface area contributed by atoms with Gasteiger partial charge in [0.15, 0.2) is 0 Å². The second-order valence-electron chi connectivity index (χ2n) is 17.4. The van der Waals surface area contributed by atoms with Gasteiger partial charge in [0.1, 0.15) is 0 Å². The summed E-state index contributed by atoms with van der Waals surface area (Å²) in [6.07, 6.45) is 2.36. The Balaban J connectivity index is 0.830. The first-order valence-corrected chi connectivity index (χ1v) is 21.9. The van der Waals surface area contributed by atoms with Gasteiger partial charge in [-0.15, -0.1) is 0 Å². The maximum absolute atomic E-state index is 2.48. The van der Waals surface area contributed by atoms with Gasteiger partial charge in [0, 0.05) is 38.7 Å². The van der Waals surface area contributed by atoms with Crippen LogP contribution in [0.2, 0.25) is 0 Å². The number of hydrogen-bond acceptors (Lipinski definition) is 0. The summed E-state index contributed by atoms with van der Waals surface area (Å²) in [5, 5.41) is 13.0. The molecule has 2 nitrogen and oxygen atoms in total. The average molecular weight is 796 g/mol. The highest BCUT2D eigenvalue weighted by Gasteiger charge is 2.28. The molecule has 63 heavy (non-hydrogen) atoms. The van der Waals surface area contributed by atoms with E-state index in [0.29, 0.717) is 0 Å². The molecule has 0 fully saturated rings. The fourth-order valence-electron chi connectivity index (χ4n) is 11.4. The molecule has 11 aromatic carbocycles. The lowest BCUT2D eigenvalue weighted by atomic mass is 9.98. The molecule has 0 amide bonds. The summed E-state index contributed by atoms with van der Waals surface area (Å²) in [6, 6.07) is 76.8. The van der Waals surface area contributed by atoms with E-state index in [4.69, 9.17) is 0 Å². The molecule has 0 unspecified atom stereocenters. The molecule has 0 aliphatic heterocycles. The van der Waals surface area contributed by atoms with Crippen molar-refractivity contribution in [2.24, 2.45) is 0 Å². The minimum absolute atomic E-state index is 1.21. The fraction of sp³-hybridized carbons (Fsp3) is 0. The molecule has 0 bridgehead atoms. The van der Waals surface area contributed by atoms with E-state index in [-0.39, 0.29) is 0 Å². The molecule has 2 aliphatic rings. The van der Waals surface area contributed by atoms with Crippen molar-refractivity contribution in [3.8, 4) is 55.9 Å². The molecule has 2 aliphatic carbocycles. The van der Waals surface area contributed by atoms with Crippen molar-refractivity contribution in [3.05, 3.63) is 224 Å². The van der Waals surface area contributed by atoms with Crippen molar-refractivity contribution in [3.63, 3.8) is 0 Å². The number of benzene rings is 11. The SMILES string of the molecule is [CH]1c2c1c1c(-n3c4ccccc4c4cc(-c5ccc(-c6ccc7c(c6)c6ccccc6n7-c6ccc7c8c(cccc68)-c6ccccc6-7)cc5)ccc43)cccc1c1ccccc21. The quantitative estimate of drug-likeness (QED) is 0.157. The Labute approximate surface area is 363 Å². The largest absolute Gasteiger partial charge is 0.309 e. The van der Waals surface area contributed by atoms with Crippen LogP contribution in [0.3, 0.4) is 0 Å². The summed E-state index contributed by atoms with van der Waals surface area (Å²) in [6.45, 7) is 0. The smallest absolute Gasteiger partial charge is 0.0543 e. The van der Waals surface area contributed by atoms with Crippen LogP contribution in [0.1, 0.15) is 11.1 Å². The van der Waals surface area contributed by atoms with E-state index in [2.05, 4.69) is 222 Å². The fourth-order valence-corrected chi connectivity index (χ4v) is 11.4. The van der Waals surface area contributed by atoms with Gasteiger partial charge in [0.05, 0.1) is 33.4 Å². The number of para-hydroxylation sites is 2. The zero-order chi connectivity index (χ0) is 40.9. The number of fused-ring (bicyclic) bond motifs is 15. The number of hydrogen-bond donors (Lipinski definition) is 0. The molecular formula is C61H35N2.